The Bertz CT molecular complexity index is 2410. The van der Waals surface area contributed by atoms with Crippen molar-refractivity contribution in [1.82, 2.24) is 24.2 Å². The SMILES string of the molecule is COc1ccc(C(OC2C(COP(OCCC#N)N(C(C)C)C(C)C)OC(n3cnc4c(NC(=O)c5ccccc5)ncnc43)C2OC)(c2ccccc2)c2ccc(OC)cc2)cc1. The number of nitrogens with zero attached hydrogens (tertiary/aromatic N) is 6. The van der Waals surface area contributed by atoms with Crippen molar-refractivity contribution in [2.24, 2.45) is 0 Å². The standard InChI is InChI=1S/C48H54N7O8P/c1-32(2)55(33(3)4)64(60-28-14-27-49)61-29-40-42(43(59-7)47(62-40)54-31-52-41-44(50-30-51-45(41)54)53-46(56)34-15-10-8-11-16-34)63-48(35-17-12-9-13-18-35,36-19-23-38(57-5)24-20-36)37-21-25-39(58-6)26-22-37/h8-13,15-26,30-33,40,42-43,47H,14,28-29H2,1-7H3,(H,50,51,53,56). The number of anilines is 1. The lowest BCUT2D eigenvalue weighted by atomic mass is 9.79. The quantitative estimate of drug-likeness (QED) is 0.0440. The van der Waals surface area contributed by atoms with Crippen LogP contribution in [0, 0.1) is 11.3 Å². The van der Waals surface area contributed by atoms with E-state index in [1.54, 1.807) is 56.5 Å². The lowest BCUT2D eigenvalue weighted by Gasteiger charge is -2.40. The highest BCUT2D eigenvalue weighted by Gasteiger charge is 2.53. The van der Waals surface area contributed by atoms with E-state index in [1.807, 2.05) is 84.9 Å². The van der Waals surface area contributed by atoms with Gasteiger partial charge in [0.15, 0.2) is 23.2 Å². The Hall–Kier alpha value is -5.82. The Kier molecular flexibility index (Phi) is 15.3. The topological polar surface area (TPSA) is 164 Å². The third-order valence-electron chi connectivity index (χ3n) is 11.0. The second-order valence-corrected chi connectivity index (χ2v) is 17.0. The lowest BCUT2D eigenvalue weighted by Crippen LogP contribution is -2.46. The maximum Gasteiger partial charge on any atom is 0.259 e. The van der Waals surface area contributed by atoms with Crippen LogP contribution in [0.3, 0.4) is 0 Å². The summed E-state index contributed by atoms with van der Waals surface area (Å²) in [5.74, 6) is 1.27. The van der Waals surface area contributed by atoms with Gasteiger partial charge in [-0.2, -0.15) is 5.26 Å². The summed E-state index contributed by atoms with van der Waals surface area (Å²) in [6.45, 7) is 8.56. The van der Waals surface area contributed by atoms with Gasteiger partial charge in [0.25, 0.3) is 14.4 Å². The third-order valence-corrected chi connectivity index (χ3v) is 13.0. The van der Waals surface area contributed by atoms with E-state index >= 15 is 0 Å². The van der Waals surface area contributed by atoms with Gasteiger partial charge in [-0.15, -0.1) is 0 Å². The molecule has 15 nitrogen and oxygen atoms in total. The van der Waals surface area contributed by atoms with Gasteiger partial charge < -0.3 is 38.0 Å². The molecular formula is C48H54N7O8P. The summed E-state index contributed by atoms with van der Waals surface area (Å²) < 4.78 is 49.5. The third kappa shape index (κ3) is 9.79. The monoisotopic (exact) mass is 887 g/mol. The average Bonchev–Trinajstić information content (AvgIpc) is 3.91. The molecule has 64 heavy (non-hydrogen) atoms. The summed E-state index contributed by atoms with van der Waals surface area (Å²) >= 11 is 0. The first-order valence-corrected chi connectivity index (χ1v) is 22.2. The second kappa shape index (κ2) is 21.2. The van der Waals surface area contributed by atoms with Crippen LogP contribution >= 0.6 is 8.53 Å². The Morgan fingerprint density at radius 3 is 1.97 bits per heavy atom. The number of nitrogens with one attached hydrogen (secondary N) is 1. The van der Waals surface area contributed by atoms with Gasteiger partial charge in [0.05, 0.1) is 46.3 Å². The number of carbonyl (C=O) groups excluding carboxylic acids is 1. The fourth-order valence-electron chi connectivity index (χ4n) is 8.04. The fourth-order valence-corrected chi connectivity index (χ4v) is 9.66. The minimum Gasteiger partial charge on any atom is -0.497 e. The van der Waals surface area contributed by atoms with E-state index in [9.17, 15) is 10.1 Å². The number of aromatic nitrogens is 4. The number of hydrogen-bond acceptors (Lipinski definition) is 13. The Balaban J connectivity index is 1.36. The molecule has 3 heterocycles. The fraction of sp³-hybridized carbons (Fsp3) is 0.354. The highest BCUT2D eigenvalue weighted by atomic mass is 31.2. The molecule has 334 valence electrons. The molecule has 2 aromatic heterocycles. The van der Waals surface area contributed by atoms with E-state index in [1.165, 1.54) is 6.33 Å². The first kappa shape index (κ1) is 46.2. The van der Waals surface area contributed by atoms with Gasteiger partial charge in [-0.25, -0.2) is 19.6 Å². The molecule has 6 aromatic rings. The summed E-state index contributed by atoms with van der Waals surface area (Å²) in [4.78, 5) is 27.0. The van der Waals surface area contributed by atoms with Crippen LogP contribution in [0.15, 0.2) is 122 Å². The van der Waals surface area contributed by atoms with Crippen LogP contribution in [-0.4, -0.2) is 95.0 Å². The smallest absolute Gasteiger partial charge is 0.259 e. The first-order chi connectivity index (χ1) is 31.1. The van der Waals surface area contributed by atoms with Crippen molar-refractivity contribution in [2.45, 2.75) is 76.3 Å². The van der Waals surface area contributed by atoms with E-state index < -0.39 is 38.7 Å². The van der Waals surface area contributed by atoms with Gasteiger partial charge in [-0.1, -0.05) is 72.8 Å². The van der Waals surface area contributed by atoms with Crippen molar-refractivity contribution in [3.05, 3.63) is 144 Å². The highest BCUT2D eigenvalue weighted by Crippen LogP contribution is 2.50. The van der Waals surface area contributed by atoms with Gasteiger partial charge in [0.1, 0.15) is 41.7 Å². The van der Waals surface area contributed by atoms with Crippen LogP contribution in [-0.2, 0) is 28.9 Å². The zero-order valence-electron chi connectivity index (χ0n) is 37.0. The summed E-state index contributed by atoms with van der Waals surface area (Å²) in [6.07, 6.45) is -0.0894. The van der Waals surface area contributed by atoms with Crippen LogP contribution in [0.2, 0.25) is 0 Å². The molecule has 5 atom stereocenters. The number of methoxy groups -OCH3 is 3. The van der Waals surface area contributed by atoms with Gasteiger partial charge in [-0.05, 0) is 80.8 Å². The van der Waals surface area contributed by atoms with Crippen LogP contribution in [0.1, 0.15) is 67.4 Å². The molecule has 1 saturated heterocycles. The normalized spacial score (nSPS) is 18.1. The molecule has 7 rings (SSSR count). The number of imidazole rings is 1. The minimum atomic E-state index is -1.67. The van der Waals surface area contributed by atoms with Crippen LogP contribution in [0.5, 0.6) is 11.5 Å². The molecule has 1 fully saturated rings. The highest BCUT2D eigenvalue weighted by molar-refractivity contribution is 7.44. The molecule has 1 N–H and O–H groups in total. The Morgan fingerprint density at radius 2 is 1.41 bits per heavy atom. The molecule has 16 heteroatoms. The number of hydrogen-bond donors (Lipinski definition) is 1. The predicted molar refractivity (Wildman–Crippen MR) is 243 cm³/mol. The van der Waals surface area contributed by atoms with Crippen molar-refractivity contribution >= 4 is 31.4 Å². The molecule has 0 saturated carbocycles. The molecule has 5 unspecified atom stereocenters. The predicted octanol–water partition coefficient (Wildman–Crippen LogP) is 8.68. The molecular weight excluding hydrogens is 834 g/mol. The molecule has 0 bridgehead atoms. The molecule has 0 spiro atoms. The van der Waals surface area contributed by atoms with Crippen LogP contribution < -0.4 is 14.8 Å². The zero-order valence-corrected chi connectivity index (χ0v) is 37.9. The summed E-state index contributed by atoms with van der Waals surface area (Å²) in [5, 5.41) is 12.3. The number of fused-ring (bicyclic) bond motifs is 1. The second-order valence-electron chi connectivity index (χ2n) is 15.6. The maximum atomic E-state index is 13.3. The average molecular weight is 888 g/mol. The summed E-state index contributed by atoms with van der Waals surface area (Å²) in [5.41, 5.74) is 2.44. The molecule has 1 amide bonds. The van der Waals surface area contributed by atoms with E-state index in [0.717, 1.165) is 16.7 Å². The van der Waals surface area contributed by atoms with E-state index in [2.05, 4.69) is 53.7 Å². The van der Waals surface area contributed by atoms with Crippen LogP contribution in [0.4, 0.5) is 5.82 Å². The van der Waals surface area contributed by atoms with E-state index in [4.69, 9.17) is 37.7 Å². The largest absolute Gasteiger partial charge is 0.497 e. The number of rotatable bonds is 20. The van der Waals surface area contributed by atoms with Gasteiger partial charge in [-0.3, -0.25) is 9.36 Å². The van der Waals surface area contributed by atoms with E-state index in [0.29, 0.717) is 28.2 Å². The number of ether oxygens (including phenoxy) is 5. The van der Waals surface area contributed by atoms with E-state index in [-0.39, 0.29) is 43.4 Å². The summed E-state index contributed by atoms with van der Waals surface area (Å²) in [6, 6.07) is 36.8. The molecule has 1 aliphatic rings. The number of carbonyl (C=O) groups is 1. The number of nitriles is 1. The van der Waals surface area contributed by atoms with Crippen molar-refractivity contribution in [1.29, 1.82) is 5.26 Å². The van der Waals surface area contributed by atoms with Crippen molar-refractivity contribution in [3.63, 3.8) is 0 Å². The van der Waals surface area contributed by atoms with Gasteiger partial charge in [0, 0.05) is 24.8 Å². The van der Waals surface area contributed by atoms with Gasteiger partial charge in [0.2, 0.25) is 0 Å². The van der Waals surface area contributed by atoms with Crippen molar-refractivity contribution in [2.75, 3.05) is 39.9 Å². The van der Waals surface area contributed by atoms with Crippen molar-refractivity contribution in [3.8, 4) is 17.6 Å². The zero-order chi connectivity index (χ0) is 45.2. The Morgan fingerprint density at radius 1 is 0.812 bits per heavy atom. The Labute approximate surface area is 375 Å². The lowest BCUT2D eigenvalue weighted by molar-refractivity contribution is -0.117. The summed E-state index contributed by atoms with van der Waals surface area (Å²) in [7, 11) is 3.21. The first-order valence-electron chi connectivity index (χ1n) is 21.1. The molecule has 4 aromatic carbocycles. The van der Waals surface area contributed by atoms with Gasteiger partial charge >= 0.3 is 0 Å². The number of amides is 1. The maximum absolute atomic E-state index is 13.3. The molecule has 0 radical (unpaired) electrons. The minimum absolute atomic E-state index is 0.0192. The molecule has 1 aliphatic heterocycles. The van der Waals surface area contributed by atoms with Crippen LogP contribution in [0.25, 0.3) is 11.2 Å². The molecule has 0 aliphatic carbocycles. The van der Waals surface area contributed by atoms with Crippen molar-refractivity contribution < 1.29 is 37.5 Å². The number of benzene rings is 4.